The van der Waals surface area contributed by atoms with Crippen molar-refractivity contribution in [2.24, 2.45) is 0 Å². The van der Waals surface area contributed by atoms with E-state index in [1.807, 2.05) is 6.08 Å². The van der Waals surface area contributed by atoms with E-state index in [4.69, 9.17) is 0 Å². The van der Waals surface area contributed by atoms with Crippen molar-refractivity contribution in [1.29, 1.82) is 0 Å². The minimum absolute atomic E-state index is 0.0175. The Kier molecular flexibility index (Phi) is 3.06. The van der Waals surface area contributed by atoms with E-state index < -0.39 is 0 Å². The summed E-state index contributed by atoms with van der Waals surface area (Å²) in [6.45, 7) is 0.648. The third-order valence-electron chi connectivity index (χ3n) is 2.06. The van der Waals surface area contributed by atoms with Crippen LogP contribution in [0.2, 0.25) is 0 Å². The van der Waals surface area contributed by atoms with Crippen LogP contribution in [0.25, 0.3) is 0 Å². The van der Waals surface area contributed by atoms with Crippen LogP contribution in [0, 0.1) is 0 Å². The van der Waals surface area contributed by atoms with Gasteiger partial charge in [0.2, 0.25) is 5.91 Å². The molecule has 0 aromatic rings. The van der Waals surface area contributed by atoms with Gasteiger partial charge < -0.3 is 9.64 Å². The third-order valence-corrected chi connectivity index (χ3v) is 2.06. The van der Waals surface area contributed by atoms with Crippen LogP contribution >= 0.6 is 0 Å². The molecule has 4 heteroatoms. The van der Waals surface area contributed by atoms with E-state index in [0.29, 0.717) is 18.5 Å². The van der Waals surface area contributed by atoms with Gasteiger partial charge in [-0.3, -0.25) is 9.59 Å². The second-order valence-electron chi connectivity index (χ2n) is 2.99. The monoisotopic (exact) mass is 183 g/mol. The Morgan fingerprint density at radius 2 is 2.38 bits per heavy atom. The number of hydrogen-bond acceptors (Lipinski definition) is 3. The number of esters is 1. The molecule has 0 aliphatic carbocycles. The lowest BCUT2D eigenvalue weighted by molar-refractivity contribution is -0.140. The molecular weight excluding hydrogens is 170 g/mol. The van der Waals surface area contributed by atoms with Gasteiger partial charge in [-0.05, 0) is 6.42 Å². The van der Waals surface area contributed by atoms with Gasteiger partial charge in [0.05, 0.1) is 7.11 Å². The summed E-state index contributed by atoms with van der Waals surface area (Å²) in [5, 5.41) is 0. The molecule has 13 heavy (non-hydrogen) atoms. The number of methoxy groups -OCH3 is 1. The quantitative estimate of drug-likeness (QED) is 0.593. The first kappa shape index (κ1) is 9.77. The SMILES string of the molecule is COC(=O)CCC1=CCN(C)C1=O. The van der Waals surface area contributed by atoms with Gasteiger partial charge >= 0.3 is 5.97 Å². The van der Waals surface area contributed by atoms with Gasteiger partial charge in [-0.15, -0.1) is 0 Å². The Bertz CT molecular complexity index is 258. The third kappa shape index (κ3) is 2.31. The molecular formula is C9H13NO3. The van der Waals surface area contributed by atoms with Crippen molar-refractivity contribution in [3.63, 3.8) is 0 Å². The molecule has 0 saturated carbocycles. The fourth-order valence-electron chi connectivity index (χ4n) is 1.21. The van der Waals surface area contributed by atoms with Crippen molar-refractivity contribution in [3.8, 4) is 0 Å². The Morgan fingerprint density at radius 1 is 1.69 bits per heavy atom. The smallest absolute Gasteiger partial charge is 0.305 e. The average Bonchev–Trinajstić information content (AvgIpc) is 2.44. The number of rotatable bonds is 3. The summed E-state index contributed by atoms with van der Waals surface area (Å²) in [5.74, 6) is -0.257. The zero-order valence-corrected chi connectivity index (χ0v) is 7.87. The molecule has 0 saturated heterocycles. The van der Waals surface area contributed by atoms with Crippen LogP contribution in [0.15, 0.2) is 11.6 Å². The second kappa shape index (κ2) is 4.07. The van der Waals surface area contributed by atoms with E-state index in [1.165, 1.54) is 7.11 Å². The fraction of sp³-hybridized carbons (Fsp3) is 0.556. The van der Waals surface area contributed by atoms with Gasteiger partial charge in [-0.2, -0.15) is 0 Å². The van der Waals surface area contributed by atoms with Crippen molar-refractivity contribution in [2.45, 2.75) is 12.8 Å². The van der Waals surface area contributed by atoms with Crippen LogP contribution in [0.4, 0.5) is 0 Å². The van der Waals surface area contributed by atoms with Crippen LogP contribution in [0.3, 0.4) is 0 Å². The highest BCUT2D eigenvalue weighted by Crippen LogP contribution is 2.14. The Morgan fingerprint density at radius 3 is 2.85 bits per heavy atom. The molecule has 0 aromatic carbocycles. The topological polar surface area (TPSA) is 46.6 Å². The number of carbonyl (C=O) groups is 2. The Balaban J connectivity index is 2.39. The normalized spacial score (nSPS) is 16.0. The minimum Gasteiger partial charge on any atom is -0.469 e. The van der Waals surface area contributed by atoms with E-state index in [2.05, 4.69) is 4.74 Å². The number of nitrogens with zero attached hydrogens (tertiary/aromatic N) is 1. The van der Waals surface area contributed by atoms with E-state index in [1.54, 1.807) is 11.9 Å². The maximum absolute atomic E-state index is 11.3. The van der Waals surface area contributed by atoms with E-state index in [-0.39, 0.29) is 18.3 Å². The van der Waals surface area contributed by atoms with E-state index in [9.17, 15) is 9.59 Å². The highest BCUT2D eigenvalue weighted by Gasteiger charge is 2.20. The van der Waals surface area contributed by atoms with Gasteiger partial charge in [0.1, 0.15) is 0 Å². The van der Waals surface area contributed by atoms with Crippen LogP contribution in [-0.2, 0) is 14.3 Å². The lowest BCUT2D eigenvalue weighted by Crippen LogP contribution is -2.21. The fourth-order valence-corrected chi connectivity index (χ4v) is 1.21. The molecule has 0 atom stereocenters. The first-order valence-corrected chi connectivity index (χ1v) is 4.16. The molecule has 0 radical (unpaired) electrons. The molecule has 1 aliphatic rings. The zero-order chi connectivity index (χ0) is 9.84. The van der Waals surface area contributed by atoms with Crippen LogP contribution in [0.1, 0.15) is 12.8 Å². The molecule has 0 fully saturated rings. The summed E-state index contributed by atoms with van der Waals surface area (Å²) >= 11 is 0. The molecule has 72 valence electrons. The van der Waals surface area contributed by atoms with Crippen molar-refractivity contribution in [3.05, 3.63) is 11.6 Å². The molecule has 1 amide bonds. The maximum atomic E-state index is 11.3. The second-order valence-corrected chi connectivity index (χ2v) is 2.99. The summed E-state index contributed by atoms with van der Waals surface area (Å²) in [7, 11) is 3.09. The number of amides is 1. The molecule has 4 nitrogen and oxygen atoms in total. The summed E-state index contributed by atoms with van der Waals surface area (Å²) in [4.78, 5) is 23.7. The van der Waals surface area contributed by atoms with Gasteiger partial charge in [0.15, 0.2) is 0 Å². The molecule has 1 rings (SSSR count). The molecule has 0 N–H and O–H groups in total. The first-order valence-electron chi connectivity index (χ1n) is 4.16. The Labute approximate surface area is 77.2 Å². The van der Waals surface area contributed by atoms with Crippen molar-refractivity contribution in [1.82, 2.24) is 4.90 Å². The highest BCUT2D eigenvalue weighted by molar-refractivity contribution is 5.96. The standard InChI is InChI=1S/C9H13NO3/c1-10-6-5-7(9(10)12)3-4-8(11)13-2/h5H,3-4,6H2,1-2H3. The largest absolute Gasteiger partial charge is 0.469 e. The summed E-state index contributed by atoms with van der Waals surface area (Å²) in [6.07, 6.45) is 2.61. The zero-order valence-electron chi connectivity index (χ0n) is 7.87. The molecule has 0 unspecified atom stereocenters. The van der Waals surface area contributed by atoms with Gasteiger partial charge in [-0.25, -0.2) is 0 Å². The molecule has 0 spiro atoms. The summed E-state index contributed by atoms with van der Waals surface area (Å²) < 4.78 is 4.48. The highest BCUT2D eigenvalue weighted by atomic mass is 16.5. The van der Waals surface area contributed by atoms with Crippen LogP contribution < -0.4 is 0 Å². The lowest BCUT2D eigenvalue weighted by Gasteiger charge is -2.07. The molecule has 1 aliphatic heterocycles. The first-order chi connectivity index (χ1) is 6.15. The maximum Gasteiger partial charge on any atom is 0.305 e. The van der Waals surface area contributed by atoms with Crippen LogP contribution in [0.5, 0.6) is 0 Å². The lowest BCUT2D eigenvalue weighted by atomic mass is 10.1. The number of likely N-dealkylation sites (N-methyl/N-ethyl adjacent to an activating group) is 1. The number of carbonyl (C=O) groups excluding carboxylic acids is 2. The molecule has 0 aromatic heterocycles. The predicted octanol–water partition coefficient (Wildman–Crippen LogP) is 0.338. The van der Waals surface area contributed by atoms with Crippen molar-refractivity contribution in [2.75, 3.05) is 20.7 Å². The van der Waals surface area contributed by atoms with Crippen LogP contribution in [-0.4, -0.2) is 37.5 Å². The molecule has 0 bridgehead atoms. The van der Waals surface area contributed by atoms with Crippen molar-refractivity contribution >= 4 is 11.9 Å². The summed E-state index contributed by atoms with van der Waals surface area (Å²) in [6, 6.07) is 0. The average molecular weight is 183 g/mol. The minimum atomic E-state index is -0.275. The number of hydrogen-bond donors (Lipinski definition) is 0. The number of ether oxygens (including phenoxy) is 1. The van der Waals surface area contributed by atoms with Gasteiger partial charge in [0.25, 0.3) is 0 Å². The molecule has 1 heterocycles. The van der Waals surface area contributed by atoms with E-state index >= 15 is 0 Å². The predicted molar refractivity (Wildman–Crippen MR) is 47.0 cm³/mol. The van der Waals surface area contributed by atoms with Gasteiger partial charge in [0, 0.05) is 25.6 Å². The van der Waals surface area contributed by atoms with Crippen molar-refractivity contribution < 1.29 is 14.3 Å². The Hall–Kier alpha value is -1.32. The summed E-state index contributed by atoms with van der Waals surface area (Å²) in [5.41, 5.74) is 0.716. The van der Waals surface area contributed by atoms with E-state index in [0.717, 1.165) is 0 Å². The van der Waals surface area contributed by atoms with Gasteiger partial charge in [-0.1, -0.05) is 6.08 Å².